The summed E-state index contributed by atoms with van der Waals surface area (Å²) in [5.74, 6) is -1.63. The molecule has 0 fully saturated rings. The minimum Gasteiger partial charge on any atom is -0.463 e. The minimum absolute atomic E-state index is 0.103. The highest BCUT2D eigenvalue weighted by Gasteiger charge is 2.42. The zero-order valence-corrected chi connectivity index (χ0v) is 20.8. The van der Waals surface area contributed by atoms with Crippen LogP contribution in [0.3, 0.4) is 0 Å². The fraction of sp³-hybridized carbons (Fsp3) is 0.269. The average Bonchev–Trinajstić information content (AvgIpc) is 3.24. The molecule has 1 N–H and O–H groups in total. The maximum atomic E-state index is 15.0. The Morgan fingerprint density at radius 2 is 1.92 bits per heavy atom. The maximum absolute atomic E-state index is 15.0. The van der Waals surface area contributed by atoms with Gasteiger partial charge in [-0.25, -0.2) is 14.2 Å². The van der Waals surface area contributed by atoms with Crippen LogP contribution in [0.1, 0.15) is 43.0 Å². The van der Waals surface area contributed by atoms with Gasteiger partial charge in [0.25, 0.3) is 0 Å². The van der Waals surface area contributed by atoms with E-state index in [2.05, 4.69) is 10.3 Å². The van der Waals surface area contributed by atoms with Crippen LogP contribution in [0.2, 0.25) is 0 Å². The van der Waals surface area contributed by atoms with E-state index in [4.69, 9.17) is 4.74 Å². The van der Waals surface area contributed by atoms with Crippen molar-refractivity contribution in [2.24, 2.45) is 4.99 Å². The molecule has 11 heteroatoms. The molecule has 6 nitrogen and oxygen atoms in total. The van der Waals surface area contributed by atoms with Crippen molar-refractivity contribution in [1.82, 2.24) is 10.2 Å². The second-order valence-corrected chi connectivity index (χ2v) is 9.12. The number of nitrogens with one attached hydrogen (secondary N) is 1. The van der Waals surface area contributed by atoms with Crippen molar-refractivity contribution in [3.63, 3.8) is 0 Å². The van der Waals surface area contributed by atoms with Crippen LogP contribution in [0, 0.1) is 5.82 Å². The Kier molecular flexibility index (Phi) is 7.72. The third kappa shape index (κ3) is 5.71. The van der Waals surface area contributed by atoms with Gasteiger partial charge in [0, 0.05) is 17.8 Å². The second-order valence-electron chi connectivity index (χ2n) is 8.29. The molecule has 2 aromatic carbocycles. The van der Waals surface area contributed by atoms with Crippen LogP contribution >= 0.6 is 11.8 Å². The van der Waals surface area contributed by atoms with Gasteiger partial charge in [0.2, 0.25) is 5.91 Å². The summed E-state index contributed by atoms with van der Waals surface area (Å²) in [5, 5.41) is 4.79. The van der Waals surface area contributed by atoms with E-state index >= 15 is 0 Å². The van der Waals surface area contributed by atoms with E-state index in [9.17, 15) is 27.2 Å². The van der Waals surface area contributed by atoms with Crippen molar-refractivity contribution in [3.05, 3.63) is 93.4 Å². The molecule has 37 heavy (non-hydrogen) atoms. The lowest BCUT2D eigenvalue weighted by Crippen LogP contribution is -2.38. The molecule has 1 atom stereocenters. The standard InChI is InChI=1S/C26H23F4N3O3S/c1-3-36-24(35)22-15(2)32-25-33(23(22)19-9-4-5-10-20(19)27)18(14-37-25)12-21(34)31-13-16-7-6-8-17(11-16)26(28,29)30/h4-11,14,23H,3,12-13H2,1-2H3,(H,31,34)/t23-/m1/s1. The van der Waals surface area contributed by atoms with E-state index in [0.717, 1.165) is 12.1 Å². The highest BCUT2D eigenvalue weighted by molar-refractivity contribution is 8.16. The SMILES string of the molecule is CCOC(=O)C1=C(C)N=C2SC=C(CC(=O)NCc3cccc(C(F)(F)F)c3)N2[C@@H]1c1ccccc1F. The van der Waals surface area contributed by atoms with Crippen LogP contribution in [-0.2, 0) is 27.0 Å². The number of allylic oxidation sites excluding steroid dienone is 1. The van der Waals surface area contributed by atoms with Gasteiger partial charge in [-0.15, -0.1) is 0 Å². The molecule has 194 valence electrons. The molecule has 0 aliphatic carbocycles. The number of benzene rings is 2. The van der Waals surface area contributed by atoms with E-state index < -0.39 is 35.5 Å². The largest absolute Gasteiger partial charge is 0.463 e. The van der Waals surface area contributed by atoms with Crippen molar-refractivity contribution in [2.45, 2.75) is 39.0 Å². The van der Waals surface area contributed by atoms with Crippen molar-refractivity contribution in [2.75, 3.05) is 6.61 Å². The van der Waals surface area contributed by atoms with Gasteiger partial charge in [-0.1, -0.05) is 42.1 Å². The van der Waals surface area contributed by atoms with Crippen LogP contribution in [0.25, 0.3) is 0 Å². The number of thioether (sulfide) groups is 1. The summed E-state index contributed by atoms with van der Waals surface area (Å²) in [5.41, 5.74) is 0.723. The molecule has 2 heterocycles. The number of alkyl halides is 3. The Morgan fingerprint density at radius 3 is 2.62 bits per heavy atom. The molecular weight excluding hydrogens is 510 g/mol. The number of aliphatic imine (C=N–C) groups is 1. The number of fused-ring (bicyclic) bond motifs is 1. The molecule has 2 aromatic rings. The predicted molar refractivity (Wildman–Crippen MR) is 131 cm³/mol. The highest BCUT2D eigenvalue weighted by atomic mass is 32.2. The smallest absolute Gasteiger partial charge is 0.416 e. The van der Waals surface area contributed by atoms with Gasteiger partial charge in [0.1, 0.15) is 5.82 Å². The van der Waals surface area contributed by atoms with Crippen LogP contribution in [0.4, 0.5) is 17.6 Å². The van der Waals surface area contributed by atoms with Crippen LogP contribution in [-0.4, -0.2) is 28.6 Å². The van der Waals surface area contributed by atoms with Crippen molar-refractivity contribution >= 4 is 28.8 Å². The molecule has 0 saturated heterocycles. The molecule has 1 amide bonds. The number of halogens is 4. The quantitative estimate of drug-likeness (QED) is 0.366. The van der Waals surface area contributed by atoms with Gasteiger partial charge >= 0.3 is 12.1 Å². The summed E-state index contributed by atoms with van der Waals surface area (Å²) in [7, 11) is 0. The fourth-order valence-corrected chi connectivity index (χ4v) is 5.08. The van der Waals surface area contributed by atoms with E-state index in [1.54, 1.807) is 36.3 Å². The summed E-state index contributed by atoms with van der Waals surface area (Å²) in [6.07, 6.45) is -4.65. The number of amides is 1. The topological polar surface area (TPSA) is 71.0 Å². The Morgan fingerprint density at radius 1 is 1.16 bits per heavy atom. The normalized spacial score (nSPS) is 17.2. The van der Waals surface area contributed by atoms with E-state index in [1.165, 1.54) is 36.0 Å². The van der Waals surface area contributed by atoms with Crippen LogP contribution in [0.15, 0.2) is 75.9 Å². The van der Waals surface area contributed by atoms with Gasteiger partial charge in [0.05, 0.1) is 35.9 Å². The van der Waals surface area contributed by atoms with E-state index in [1.807, 2.05) is 0 Å². The highest BCUT2D eigenvalue weighted by Crippen LogP contribution is 2.45. The lowest BCUT2D eigenvalue weighted by Gasteiger charge is -2.36. The number of amidine groups is 1. The Bertz CT molecular complexity index is 1320. The molecule has 0 saturated carbocycles. The Labute approximate surface area is 215 Å². The monoisotopic (exact) mass is 533 g/mol. The second kappa shape index (κ2) is 10.8. The number of hydrogen-bond donors (Lipinski definition) is 1. The van der Waals surface area contributed by atoms with E-state index in [-0.39, 0.29) is 30.7 Å². The number of ether oxygens (including phenoxy) is 1. The summed E-state index contributed by atoms with van der Waals surface area (Å²) in [4.78, 5) is 31.8. The predicted octanol–water partition coefficient (Wildman–Crippen LogP) is 5.69. The molecule has 0 bridgehead atoms. The lowest BCUT2D eigenvalue weighted by molar-refractivity contribution is -0.139. The summed E-state index contributed by atoms with van der Waals surface area (Å²) in [6.45, 7) is 3.32. The van der Waals surface area contributed by atoms with Crippen LogP contribution in [0.5, 0.6) is 0 Å². The molecule has 0 aromatic heterocycles. The zero-order valence-electron chi connectivity index (χ0n) is 19.9. The van der Waals surface area contributed by atoms with Gasteiger partial charge in [-0.2, -0.15) is 13.2 Å². The van der Waals surface area contributed by atoms with Crippen molar-refractivity contribution in [1.29, 1.82) is 0 Å². The molecule has 0 radical (unpaired) electrons. The summed E-state index contributed by atoms with van der Waals surface area (Å²) < 4.78 is 59.2. The third-order valence-electron chi connectivity index (χ3n) is 5.78. The summed E-state index contributed by atoms with van der Waals surface area (Å²) >= 11 is 1.23. The first-order chi connectivity index (χ1) is 17.6. The number of carbonyl (C=O) groups excluding carboxylic acids is 2. The zero-order chi connectivity index (χ0) is 26.7. The minimum atomic E-state index is -4.49. The number of nitrogens with zero attached hydrogens (tertiary/aromatic N) is 2. The fourth-order valence-electron chi connectivity index (χ4n) is 4.12. The first-order valence-electron chi connectivity index (χ1n) is 11.4. The number of hydrogen-bond acceptors (Lipinski definition) is 6. The molecular formula is C26H23F4N3O3S. The first kappa shape index (κ1) is 26.5. The van der Waals surface area contributed by atoms with Gasteiger partial charge in [-0.05, 0) is 43.0 Å². The first-order valence-corrected chi connectivity index (χ1v) is 12.3. The number of esters is 1. The van der Waals surface area contributed by atoms with Crippen LogP contribution < -0.4 is 5.32 Å². The number of rotatable bonds is 7. The lowest BCUT2D eigenvalue weighted by atomic mass is 9.93. The van der Waals surface area contributed by atoms with Crippen molar-refractivity contribution in [3.8, 4) is 0 Å². The maximum Gasteiger partial charge on any atom is 0.416 e. The van der Waals surface area contributed by atoms with Gasteiger partial charge in [0.15, 0.2) is 5.17 Å². The molecule has 2 aliphatic rings. The molecule has 4 rings (SSSR count). The third-order valence-corrected chi connectivity index (χ3v) is 6.67. The molecule has 0 spiro atoms. The van der Waals surface area contributed by atoms with E-state index in [0.29, 0.717) is 22.1 Å². The summed E-state index contributed by atoms with van der Waals surface area (Å²) in [6, 6.07) is 9.83. The van der Waals surface area contributed by atoms with Gasteiger partial charge < -0.3 is 15.0 Å². The number of carbonyl (C=O) groups is 2. The molecule has 0 unspecified atom stereocenters. The average molecular weight is 534 g/mol. The Balaban J connectivity index is 1.57. The Hall–Kier alpha value is -3.60. The van der Waals surface area contributed by atoms with Crippen molar-refractivity contribution < 1.29 is 31.9 Å². The van der Waals surface area contributed by atoms with Gasteiger partial charge in [-0.3, -0.25) is 4.79 Å². The molecule has 2 aliphatic heterocycles.